The standard InChI is InChI=1S/C5H9IO/c1-7-5-2-4(6)3-5/h4-5H,2-3H2,1H3. The summed E-state index contributed by atoms with van der Waals surface area (Å²) in [6.45, 7) is 0. The predicted octanol–water partition coefficient (Wildman–Crippen LogP) is 1.60. The summed E-state index contributed by atoms with van der Waals surface area (Å²) < 4.78 is 5.94. The van der Waals surface area contributed by atoms with Crippen LogP contribution < -0.4 is 0 Å². The molecule has 2 heteroatoms. The maximum atomic E-state index is 5.05. The van der Waals surface area contributed by atoms with Crippen LogP contribution in [0.5, 0.6) is 0 Å². The lowest BCUT2D eigenvalue weighted by atomic mass is 9.96. The van der Waals surface area contributed by atoms with Gasteiger partial charge in [0.15, 0.2) is 0 Å². The molecular weight excluding hydrogens is 203 g/mol. The molecule has 1 saturated carbocycles. The SMILES string of the molecule is COC1CC(I)C1. The van der Waals surface area contributed by atoms with Gasteiger partial charge in [0.05, 0.1) is 6.10 Å². The molecule has 0 aromatic carbocycles. The van der Waals surface area contributed by atoms with Gasteiger partial charge in [-0.2, -0.15) is 0 Å². The highest BCUT2D eigenvalue weighted by Crippen LogP contribution is 2.29. The third kappa shape index (κ3) is 1.29. The van der Waals surface area contributed by atoms with E-state index in [1.54, 1.807) is 7.11 Å². The van der Waals surface area contributed by atoms with Crippen LogP contribution in [0.2, 0.25) is 0 Å². The van der Waals surface area contributed by atoms with Gasteiger partial charge in [-0.25, -0.2) is 0 Å². The third-order valence-electron chi connectivity index (χ3n) is 1.37. The van der Waals surface area contributed by atoms with E-state index in [1.165, 1.54) is 12.8 Å². The Morgan fingerprint density at radius 3 is 2.29 bits per heavy atom. The van der Waals surface area contributed by atoms with Crippen LogP contribution in [0.3, 0.4) is 0 Å². The van der Waals surface area contributed by atoms with Gasteiger partial charge in [0.1, 0.15) is 0 Å². The second kappa shape index (κ2) is 2.31. The zero-order valence-corrected chi connectivity index (χ0v) is 6.51. The smallest absolute Gasteiger partial charge is 0.0591 e. The molecule has 0 aromatic rings. The number of hydrogen-bond donors (Lipinski definition) is 0. The maximum Gasteiger partial charge on any atom is 0.0591 e. The van der Waals surface area contributed by atoms with E-state index in [2.05, 4.69) is 22.6 Å². The number of hydrogen-bond acceptors (Lipinski definition) is 1. The lowest BCUT2D eigenvalue weighted by Gasteiger charge is -2.29. The molecule has 0 radical (unpaired) electrons. The van der Waals surface area contributed by atoms with E-state index < -0.39 is 0 Å². The minimum absolute atomic E-state index is 0.585. The molecule has 1 fully saturated rings. The summed E-state index contributed by atoms with van der Waals surface area (Å²) in [6.07, 6.45) is 3.11. The van der Waals surface area contributed by atoms with Crippen molar-refractivity contribution in [2.45, 2.75) is 22.9 Å². The van der Waals surface area contributed by atoms with Crippen LogP contribution >= 0.6 is 22.6 Å². The minimum atomic E-state index is 0.585. The Bertz CT molecular complexity index is 59.1. The van der Waals surface area contributed by atoms with Gasteiger partial charge in [-0.3, -0.25) is 0 Å². The quantitative estimate of drug-likeness (QED) is 0.473. The molecule has 1 nitrogen and oxygen atoms in total. The van der Waals surface area contributed by atoms with Crippen LogP contribution in [-0.2, 0) is 4.74 Å². The van der Waals surface area contributed by atoms with Crippen molar-refractivity contribution in [2.75, 3.05) is 7.11 Å². The Labute approximate surface area is 57.6 Å². The summed E-state index contributed by atoms with van der Waals surface area (Å²) in [4.78, 5) is 0. The van der Waals surface area contributed by atoms with Crippen molar-refractivity contribution in [2.24, 2.45) is 0 Å². The first-order valence-electron chi connectivity index (χ1n) is 2.50. The number of ether oxygens (including phenoxy) is 1. The molecular formula is C5H9IO. The van der Waals surface area contributed by atoms with Gasteiger partial charge in [-0.1, -0.05) is 22.6 Å². The molecule has 0 aromatic heterocycles. The van der Waals surface area contributed by atoms with Gasteiger partial charge in [0.2, 0.25) is 0 Å². The van der Waals surface area contributed by atoms with Crippen molar-refractivity contribution in [3.05, 3.63) is 0 Å². The lowest BCUT2D eigenvalue weighted by molar-refractivity contribution is 0.0490. The van der Waals surface area contributed by atoms with Crippen LogP contribution in [-0.4, -0.2) is 17.1 Å². The molecule has 0 unspecified atom stereocenters. The Morgan fingerprint density at radius 2 is 2.14 bits per heavy atom. The number of rotatable bonds is 1. The molecule has 0 bridgehead atoms. The second-order valence-corrected chi connectivity index (χ2v) is 3.69. The molecule has 7 heavy (non-hydrogen) atoms. The Morgan fingerprint density at radius 1 is 1.57 bits per heavy atom. The first-order valence-corrected chi connectivity index (χ1v) is 3.74. The highest BCUT2D eigenvalue weighted by atomic mass is 127. The average molecular weight is 212 g/mol. The van der Waals surface area contributed by atoms with E-state index in [9.17, 15) is 0 Å². The molecule has 1 aliphatic carbocycles. The van der Waals surface area contributed by atoms with Gasteiger partial charge in [0, 0.05) is 11.0 Å². The summed E-state index contributed by atoms with van der Waals surface area (Å²) in [7, 11) is 1.78. The third-order valence-corrected chi connectivity index (χ3v) is 2.39. The van der Waals surface area contributed by atoms with Gasteiger partial charge in [-0.15, -0.1) is 0 Å². The van der Waals surface area contributed by atoms with Crippen LogP contribution in [0, 0.1) is 0 Å². The van der Waals surface area contributed by atoms with E-state index in [0.29, 0.717) is 6.10 Å². The molecule has 0 spiro atoms. The van der Waals surface area contributed by atoms with Crippen molar-refractivity contribution >= 4 is 22.6 Å². The molecule has 0 saturated heterocycles. The molecule has 0 heterocycles. The fourth-order valence-electron chi connectivity index (χ4n) is 0.694. The van der Waals surface area contributed by atoms with E-state index >= 15 is 0 Å². The van der Waals surface area contributed by atoms with Crippen molar-refractivity contribution in [3.8, 4) is 0 Å². The summed E-state index contributed by atoms with van der Waals surface area (Å²) >= 11 is 2.45. The molecule has 0 aliphatic heterocycles. The molecule has 0 N–H and O–H groups in total. The second-order valence-electron chi connectivity index (χ2n) is 1.93. The van der Waals surface area contributed by atoms with Crippen molar-refractivity contribution < 1.29 is 4.74 Å². The van der Waals surface area contributed by atoms with Gasteiger partial charge < -0.3 is 4.74 Å². The Balaban J connectivity index is 2.06. The zero-order chi connectivity index (χ0) is 5.28. The predicted molar refractivity (Wildman–Crippen MR) is 37.8 cm³/mol. The minimum Gasteiger partial charge on any atom is -0.381 e. The first-order chi connectivity index (χ1) is 3.33. The van der Waals surface area contributed by atoms with Gasteiger partial charge in [0.25, 0.3) is 0 Å². The van der Waals surface area contributed by atoms with Crippen molar-refractivity contribution in [1.82, 2.24) is 0 Å². The fourth-order valence-corrected chi connectivity index (χ4v) is 1.83. The molecule has 1 rings (SSSR count). The van der Waals surface area contributed by atoms with Crippen molar-refractivity contribution in [3.63, 3.8) is 0 Å². The van der Waals surface area contributed by atoms with Crippen LogP contribution in [0.15, 0.2) is 0 Å². The van der Waals surface area contributed by atoms with Crippen molar-refractivity contribution in [1.29, 1.82) is 0 Å². The number of alkyl halides is 1. The van der Waals surface area contributed by atoms with Crippen LogP contribution in [0.25, 0.3) is 0 Å². The summed E-state index contributed by atoms with van der Waals surface area (Å²) in [5.74, 6) is 0. The normalized spacial score (nSPS) is 40.3. The van der Waals surface area contributed by atoms with Crippen LogP contribution in [0.4, 0.5) is 0 Å². The lowest BCUT2D eigenvalue weighted by Crippen LogP contribution is -2.30. The fraction of sp³-hybridized carbons (Fsp3) is 1.00. The summed E-state index contributed by atoms with van der Waals surface area (Å²) in [5.41, 5.74) is 0. The zero-order valence-electron chi connectivity index (χ0n) is 4.36. The van der Waals surface area contributed by atoms with E-state index in [0.717, 1.165) is 3.92 Å². The molecule has 0 atom stereocenters. The number of methoxy groups -OCH3 is 1. The van der Waals surface area contributed by atoms with Gasteiger partial charge in [-0.05, 0) is 12.8 Å². The molecule has 1 aliphatic rings. The van der Waals surface area contributed by atoms with E-state index in [1.807, 2.05) is 0 Å². The van der Waals surface area contributed by atoms with E-state index in [4.69, 9.17) is 4.74 Å². The van der Waals surface area contributed by atoms with Gasteiger partial charge >= 0.3 is 0 Å². The summed E-state index contributed by atoms with van der Waals surface area (Å²) in [6, 6.07) is 0. The molecule has 42 valence electrons. The largest absolute Gasteiger partial charge is 0.381 e. The first kappa shape index (κ1) is 5.82. The maximum absolute atomic E-state index is 5.05. The topological polar surface area (TPSA) is 9.23 Å². The Hall–Kier alpha value is 0.690. The Kier molecular flexibility index (Phi) is 1.92. The summed E-state index contributed by atoms with van der Waals surface area (Å²) in [5, 5.41) is 0. The number of halogens is 1. The average Bonchev–Trinajstić information content (AvgIpc) is 1.58. The van der Waals surface area contributed by atoms with Crippen LogP contribution in [0.1, 0.15) is 12.8 Å². The highest BCUT2D eigenvalue weighted by molar-refractivity contribution is 14.1. The molecule has 0 amide bonds. The highest BCUT2D eigenvalue weighted by Gasteiger charge is 2.25. The van der Waals surface area contributed by atoms with E-state index in [-0.39, 0.29) is 0 Å². The monoisotopic (exact) mass is 212 g/mol.